The molecular formula is C19H20FN7O. The molecule has 0 radical (unpaired) electrons. The van der Waals surface area contributed by atoms with E-state index in [4.69, 9.17) is 9.72 Å². The van der Waals surface area contributed by atoms with Crippen LogP contribution in [-0.4, -0.2) is 41.2 Å². The average molecular weight is 381 g/mol. The van der Waals surface area contributed by atoms with Crippen molar-refractivity contribution in [1.82, 2.24) is 34.1 Å². The minimum atomic E-state index is -0.412. The first-order chi connectivity index (χ1) is 13.6. The number of hydrogen-bond acceptors (Lipinski definition) is 6. The molecule has 0 aliphatic carbocycles. The Morgan fingerprint density at radius 3 is 2.79 bits per heavy atom. The van der Waals surface area contributed by atoms with Gasteiger partial charge in [-0.1, -0.05) is 18.4 Å². The van der Waals surface area contributed by atoms with Gasteiger partial charge in [0.15, 0.2) is 17.3 Å². The standard InChI is InChI=1S/C19H20FN7O/c1-4-6-13-15(23-12(2)27-17(13)24-25-19(27)28-3)11-26-10-9-22-18(26)16-14(20)7-5-8-21-16/h5,7-10H,4,6,11H2,1-3H3. The summed E-state index contributed by atoms with van der Waals surface area (Å²) in [6, 6.07) is 3.34. The van der Waals surface area contributed by atoms with Crippen LogP contribution in [0, 0.1) is 12.7 Å². The molecule has 8 nitrogen and oxygen atoms in total. The molecular weight excluding hydrogens is 361 g/mol. The van der Waals surface area contributed by atoms with E-state index in [2.05, 4.69) is 27.1 Å². The van der Waals surface area contributed by atoms with Gasteiger partial charge in [0.2, 0.25) is 0 Å². The van der Waals surface area contributed by atoms with Crippen molar-refractivity contribution < 1.29 is 9.13 Å². The molecule has 4 heterocycles. The second-order valence-corrected chi connectivity index (χ2v) is 6.39. The van der Waals surface area contributed by atoms with Crippen molar-refractivity contribution in [3.8, 4) is 17.5 Å². The molecule has 0 saturated carbocycles. The molecule has 0 N–H and O–H groups in total. The van der Waals surface area contributed by atoms with Gasteiger partial charge < -0.3 is 9.30 Å². The Bertz CT molecular complexity index is 1130. The minimum Gasteiger partial charge on any atom is -0.467 e. The molecule has 0 aromatic carbocycles. The maximum atomic E-state index is 14.2. The summed E-state index contributed by atoms with van der Waals surface area (Å²) < 4.78 is 23.2. The Morgan fingerprint density at radius 1 is 1.18 bits per heavy atom. The van der Waals surface area contributed by atoms with E-state index in [9.17, 15) is 4.39 Å². The van der Waals surface area contributed by atoms with Crippen LogP contribution in [0.1, 0.15) is 30.4 Å². The lowest BCUT2D eigenvalue weighted by atomic mass is 10.1. The molecule has 4 aromatic rings. The highest BCUT2D eigenvalue weighted by atomic mass is 19.1. The van der Waals surface area contributed by atoms with E-state index in [1.807, 2.05) is 15.9 Å². The fourth-order valence-electron chi connectivity index (χ4n) is 3.33. The molecule has 0 spiro atoms. The van der Waals surface area contributed by atoms with Crippen molar-refractivity contribution in [3.05, 3.63) is 53.6 Å². The van der Waals surface area contributed by atoms with Crippen LogP contribution in [0.15, 0.2) is 30.7 Å². The number of nitrogens with zero attached hydrogens (tertiary/aromatic N) is 7. The van der Waals surface area contributed by atoms with Crippen molar-refractivity contribution in [2.75, 3.05) is 7.11 Å². The molecule has 28 heavy (non-hydrogen) atoms. The van der Waals surface area contributed by atoms with Crippen LogP contribution in [0.2, 0.25) is 0 Å². The molecule has 0 aliphatic rings. The van der Waals surface area contributed by atoms with Crippen LogP contribution >= 0.6 is 0 Å². The molecule has 4 rings (SSSR count). The number of fused-ring (bicyclic) bond motifs is 1. The third kappa shape index (κ3) is 2.98. The van der Waals surface area contributed by atoms with Crippen LogP contribution in [0.5, 0.6) is 6.01 Å². The topological polar surface area (TPSA) is 83.0 Å². The zero-order chi connectivity index (χ0) is 19.7. The van der Waals surface area contributed by atoms with E-state index in [1.54, 1.807) is 31.8 Å². The summed E-state index contributed by atoms with van der Waals surface area (Å²) in [5.41, 5.74) is 2.78. The highest BCUT2D eigenvalue weighted by molar-refractivity contribution is 5.53. The van der Waals surface area contributed by atoms with E-state index in [1.165, 1.54) is 6.07 Å². The third-order valence-corrected chi connectivity index (χ3v) is 4.56. The van der Waals surface area contributed by atoms with Crippen molar-refractivity contribution in [2.24, 2.45) is 0 Å². The van der Waals surface area contributed by atoms with Crippen LogP contribution in [0.4, 0.5) is 4.39 Å². The van der Waals surface area contributed by atoms with Gasteiger partial charge in [0.25, 0.3) is 0 Å². The number of pyridine rings is 1. The lowest BCUT2D eigenvalue weighted by molar-refractivity contribution is 0.373. The summed E-state index contributed by atoms with van der Waals surface area (Å²) in [7, 11) is 1.56. The quantitative estimate of drug-likeness (QED) is 0.511. The SMILES string of the molecule is CCCc1c(Cn2ccnc2-c2ncccc2F)nc(C)n2c(OC)nnc12. The summed E-state index contributed by atoms with van der Waals surface area (Å²) in [6.45, 7) is 4.40. The normalized spacial score (nSPS) is 11.3. The highest BCUT2D eigenvalue weighted by Crippen LogP contribution is 2.24. The van der Waals surface area contributed by atoms with Crippen LogP contribution in [0.3, 0.4) is 0 Å². The van der Waals surface area contributed by atoms with Gasteiger partial charge in [0.05, 0.1) is 19.3 Å². The maximum absolute atomic E-state index is 14.2. The van der Waals surface area contributed by atoms with Crippen molar-refractivity contribution in [3.63, 3.8) is 0 Å². The zero-order valence-corrected chi connectivity index (χ0v) is 15.9. The molecule has 0 amide bonds. The van der Waals surface area contributed by atoms with Gasteiger partial charge >= 0.3 is 6.01 Å². The fourth-order valence-corrected chi connectivity index (χ4v) is 3.33. The van der Waals surface area contributed by atoms with Gasteiger partial charge in [-0.25, -0.2) is 23.7 Å². The number of ether oxygens (including phenoxy) is 1. The molecule has 9 heteroatoms. The average Bonchev–Trinajstić information content (AvgIpc) is 3.32. The van der Waals surface area contributed by atoms with Crippen molar-refractivity contribution >= 4 is 5.65 Å². The summed E-state index contributed by atoms with van der Waals surface area (Å²) in [4.78, 5) is 13.2. The second kappa shape index (κ2) is 7.34. The summed E-state index contributed by atoms with van der Waals surface area (Å²) in [5, 5.41) is 8.41. The molecule has 0 fully saturated rings. The second-order valence-electron chi connectivity index (χ2n) is 6.39. The van der Waals surface area contributed by atoms with E-state index < -0.39 is 5.82 Å². The van der Waals surface area contributed by atoms with E-state index in [0.717, 1.165) is 35.6 Å². The Labute approximate surface area is 161 Å². The first-order valence-electron chi connectivity index (χ1n) is 9.03. The maximum Gasteiger partial charge on any atom is 0.322 e. The van der Waals surface area contributed by atoms with Crippen LogP contribution in [0.25, 0.3) is 17.2 Å². The smallest absolute Gasteiger partial charge is 0.322 e. The molecule has 144 valence electrons. The van der Waals surface area contributed by atoms with Gasteiger partial charge in [-0.15, -0.1) is 5.10 Å². The molecule has 0 saturated heterocycles. The van der Waals surface area contributed by atoms with Crippen LogP contribution < -0.4 is 4.74 Å². The van der Waals surface area contributed by atoms with Gasteiger partial charge in [-0.3, -0.25) is 0 Å². The monoisotopic (exact) mass is 381 g/mol. The third-order valence-electron chi connectivity index (χ3n) is 4.56. The lowest BCUT2D eigenvalue weighted by Gasteiger charge is -2.14. The number of imidazole rings is 1. The Hall–Kier alpha value is -3.36. The Kier molecular flexibility index (Phi) is 4.72. The summed E-state index contributed by atoms with van der Waals surface area (Å²) >= 11 is 0. The predicted octanol–water partition coefficient (Wildman–Crippen LogP) is 2.84. The van der Waals surface area contributed by atoms with Crippen LogP contribution in [-0.2, 0) is 13.0 Å². The van der Waals surface area contributed by atoms with Gasteiger partial charge in [-0.2, -0.15) is 0 Å². The minimum absolute atomic E-state index is 0.214. The molecule has 0 atom stereocenters. The fraction of sp³-hybridized carbons (Fsp3) is 0.316. The summed E-state index contributed by atoms with van der Waals surface area (Å²) in [5.74, 6) is 0.766. The number of rotatable bonds is 6. The molecule has 0 bridgehead atoms. The van der Waals surface area contributed by atoms with E-state index in [-0.39, 0.29) is 5.69 Å². The molecule has 0 aliphatic heterocycles. The Morgan fingerprint density at radius 2 is 2.04 bits per heavy atom. The molecule has 0 unspecified atom stereocenters. The first-order valence-corrected chi connectivity index (χ1v) is 9.03. The highest BCUT2D eigenvalue weighted by Gasteiger charge is 2.19. The largest absolute Gasteiger partial charge is 0.467 e. The zero-order valence-electron chi connectivity index (χ0n) is 15.9. The van der Waals surface area contributed by atoms with Gasteiger partial charge in [0.1, 0.15) is 11.5 Å². The number of halogens is 1. The van der Waals surface area contributed by atoms with Crippen molar-refractivity contribution in [2.45, 2.75) is 33.2 Å². The Balaban J connectivity index is 1.82. The number of aromatic nitrogens is 7. The number of aryl methyl sites for hydroxylation is 2. The first kappa shape index (κ1) is 18.0. The summed E-state index contributed by atoms with van der Waals surface area (Å²) in [6.07, 6.45) is 6.69. The number of methoxy groups -OCH3 is 1. The van der Waals surface area contributed by atoms with E-state index in [0.29, 0.717) is 18.4 Å². The van der Waals surface area contributed by atoms with E-state index >= 15 is 0 Å². The lowest BCUT2D eigenvalue weighted by Crippen LogP contribution is -2.12. The number of hydrogen-bond donors (Lipinski definition) is 0. The van der Waals surface area contributed by atoms with Crippen molar-refractivity contribution in [1.29, 1.82) is 0 Å². The van der Waals surface area contributed by atoms with Gasteiger partial charge in [-0.05, 0) is 25.5 Å². The predicted molar refractivity (Wildman–Crippen MR) is 101 cm³/mol. The molecule has 4 aromatic heterocycles. The van der Waals surface area contributed by atoms with Gasteiger partial charge in [0, 0.05) is 24.2 Å².